The quantitative estimate of drug-likeness (QED) is 0.488. The van der Waals surface area contributed by atoms with E-state index in [0.29, 0.717) is 17.1 Å². The molecular formula is C24H25ClN2O4S. The van der Waals surface area contributed by atoms with Gasteiger partial charge in [0.15, 0.2) is 0 Å². The van der Waals surface area contributed by atoms with Crippen molar-refractivity contribution < 1.29 is 17.9 Å². The molecular weight excluding hydrogens is 448 g/mol. The van der Waals surface area contributed by atoms with Crippen LogP contribution < -0.4 is 10.1 Å². The maximum atomic E-state index is 13.5. The third kappa shape index (κ3) is 6.09. The highest BCUT2D eigenvalue weighted by Crippen LogP contribution is 2.24. The van der Waals surface area contributed by atoms with Gasteiger partial charge in [-0.3, -0.25) is 4.79 Å². The predicted octanol–water partition coefficient (Wildman–Crippen LogP) is 4.74. The van der Waals surface area contributed by atoms with Gasteiger partial charge in [0.25, 0.3) is 0 Å². The first kappa shape index (κ1) is 23.8. The molecule has 0 aliphatic heterocycles. The SMILES string of the molecule is COc1ccc(CCN(Cc2ccccc2Cl)S(=O)(=O)c2ccc(NC(C)=O)cc2)cc1. The van der Waals surface area contributed by atoms with Crippen molar-refractivity contribution in [3.8, 4) is 5.75 Å². The normalized spacial score (nSPS) is 11.4. The number of nitrogens with one attached hydrogen (secondary N) is 1. The minimum atomic E-state index is -3.81. The van der Waals surface area contributed by atoms with Gasteiger partial charge in [-0.05, 0) is 60.0 Å². The Morgan fingerprint density at radius 3 is 2.25 bits per heavy atom. The van der Waals surface area contributed by atoms with Crippen LogP contribution in [0.15, 0.2) is 77.7 Å². The van der Waals surface area contributed by atoms with Crippen LogP contribution in [0.1, 0.15) is 18.1 Å². The highest BCUT2D eigenvalue weighted by molar-refractivity contribution is 7.89. The Bertz CT molecular complexity index is 1160. The Labute approximate surface area is 193 Å². The standard InChI is InChI=1S/C24H25ClN2O4S/c1-18(28)26-21-9-13-23(14-10-21)32(29,30)27(17-20-5-3-4-6-24(20)25)16-15-19-7-11-22(31-2)12-8-19/h3-14H,15-17H2,1-2H3,(H,26,28). The summed E-state index contributed by atoms with van der Waals surface area (Å²) in [5, 5.41) is 3.15. The van der Waals surface area contributed by atoms with Crippen LogP contribution in [-0.2, 0) is 27.8 Å². The minimum Gasteiger partial charge on any atom is -0.497 e. The first-order valence-corrected chi connectivity index (χ1v) is 11.9. The van der Waals surface area contributed by atoms with E-state index in [1.807, 2.05) is 42.5 Å². The lowest BCUT2D eigenvalue weighted by atomic mass is 10.1. The molecule has 0 atom stereocenters. The average Bonchev–Trinajstić information content (AvgIpc) is 2.78. The fourth-order valence-electron chi connectivity index (χ4n) is 3.21. The third-order valence-corrected chi connectivity index (χ3v) is 7.15. The van der Waals surface area contributed by atoms with Crippen molar-refractivity contribution in [2.45, 2.75) is 24.8 Å². The summed E-state index contributed by atoms with van der Waals surface area (Å²) in [4.78, 5) is 11.4. The number of benzene rings is 3. The van der Waals surface area contributed by atoms with Crippen LogP contribution in [0.25, 0.3) is 0 Å². The van der Waals surface area contributed by atoms with E-state index in [0.717, 1.165) is 16.9 Å². The lowest BCUT2D eigenvalue weighted by molar-refractivity contribution is -0.114. The summed E-state index contributed by atoms with van der Waals surface area (Å²) in [7, 11) is -2.21. The summed E-state index contributed by atoms with van der Waals surface area (Å²) in [6, 6.07) is 20.9. The molecule has 1 amide bonds. The van der Waals surface area contributed by atoms with Gasteiger partial charge in [-0.25, -0.2) is 8.42 Å². The molecule has 0 radical (unpaired) electrons. The molecule has 6 nitrogen and oxygen atoms in total. The van der Waals surface area contributed by atoms with Gasteiger partial charge >= 0.3 is 0 Å². The van der Waals surface area contributed by atoms with Crippen molar-refractivity contribution >= 4 is 33.2 Å². The van der Waals surface area contributed by atoms with E-state index in [1.165, 1.54) is 23.4 Å². The maximum absolute atomic E-state index is 13.5. The zero-order valence-electron chi connectivity index (χ0n) is 17.9. The highest BCUT2D eigenvalue weighted by atomic mass is 35.5. The Morgan fingerprint density at radius 1 is 1.00 bits per heavy atom. The minimum absolute atomic E-state index is 0.144. The smallest absolute Gasteiger partial charge is 0.243 e. The topological polar surface area (TPSA) is 75.7 Å². The Hall–Kier alpha value is -2.87. The van der Waals surface area contributed by atoms with Crippen molar-refractivity contribution in [2.75, 3.05) is 19.0 Å². The summed E-state index contributed by atoms with van der Waals surface area (Å²) in [5.74, 6) is 0.522. The molecule has 0 bridgehead atoms. The van der Waals surface area contributed by atoms with Gasteiger partial charge in [0, 0.05) is 30.7 Å². The molecule has 0 heterocycles. The molecule has 0 aliphatic carbocycles. The van der Waals surface area contributed by atoms with Crippen molar-refractivity contribution in [1.29, 1.82) is 0 Å². The summed E-state index contributed by atoms with van der Waals surface area (Å²) >= 11 is 6.31. The Morgan fingerprint density at radius 2 is 1.66 bits per heavy atom. The van der Waals surface area contributed by atoms with Crippen LogP contribution in [0.3, 0.4) is 0 Å². The number of rotatable bonds is 9. The van der Waals surface area contributed by atoms with E-state index in [-0.39, 0.29) is 23.9 Å². The number of amides is 1. The summed E-state index contributed by atoms with van der Waals surface area (Å²) < 4.78 is 33.6. The molecule has 8 heteroatoms. The maximum Gasteiger partial charge on any atom is 0.243 e. The monoisotopic (exact) mass is 472 g/mol. The Balaban J connectivity index is 1.87. The fourth-order valence-corrected chi connectivity index (χ4v) is 4.82. The van der Waals surface area contributed by atoms with Gasteiger partial charge < -0.3 is 10.1 Å². The van der Waals surface area contributed by atoms with Crippen LogP contribution in [0.5, 0.6) is 5.75 Å². The van der Waals surface area contributed by atoms with Crippen LogP contribution >= 0.6 is 11.6 Å². The van der Waals surface area contributed by atoms with Gasteiger partial charge in [-0.2, -0.15) is 4.31 Å². The molecule has 32 heavy (non-hydrogen) atoms. The van der Waals surface area contributed by atoms with Crippen LogP contribution in [0, 0.1) is 0 Å². The average molecular weight is 473 g/mol. The molecule has 0 spiro atoms. The van der Waals surface area contributed by atoms with Crippen LogP contribution in [0.4, 0.5) is 5.69 Å². The molecule has 0 aliphatic rings. The molecule has 3 aromatic carbocycles. The zero-order valence-corrected chi connectivity index (χ0v) is 19.5. The lowest BCUT2D eigenvalue weighted by Gasteiger charge is -2.23. The molecule has 3 rings (SSSR count). The van der Waals surface area contributed by atoms with Crippen LogP contribution in [-0.4, -0.2) is 32.3 Å². The van der Waals surface area contributed by atoms with Crippen molar-refractivity contribution in [1.82, 2.24) is 4.31 Å². The summed E-state index contributed by atoms with van der Waals surface area (Å²) in [6.07, 6.45) is 0.525. The molecule has 0 saturated carbocycles. The van der Waals surface area contributed by atoms with Gasteiger partial charge in [-0.1, -0.05) is 41.9 Å². The summed E-state index contributed by atoms with van der Waals surface area (Å²) in [6.45, 7) is 1.81. The molecule has 1 N–H and O–H groups in total. The first-order valence-electron chi connectivity index (χ1n) is 10.0. The molecule has 168 valence electrons. The largest absolute Gasteiger partial charge is 0.497 e. The van der Waals surface area contributed by atoms with Crippen LogP contribution in [0.2, 0.25) is 5.02 Å². The number of carbonyl (C=O) groups is 1. The molecule has 3 aromatic rings. The zero-order chi connectivity index (χ0) is 23.1. The van der Waals surface area contributed by atoms with Crippen molar-refractivity contribution in [3.05, 3.63) is 88.9 Å². The van der Waals surface area contributed by atoms with Crippen molar-refractivity contribution in [3.63, 3.8) is 0 Å². The first-order chi connectivity index (χ1) is 15.3. The second-order valence-electron chi connectivity index (χ2n) is 7.23. The predicted molar refractivity (Wildman–Crippen MR) is 126 cm³/mol. The van der Waals surface area contributed by atoms with E-state index >= 15 is 0 Å². The van der Waals surface area contributed by atoms with Gasteiger partial charge in [0.2, 0.25) is 15.9 Å². The number of carbonyl (C=O) groups excluding carboxylic acids is 1. The number of methoxy groups -OCH3 is 1. The van der Waals surface area contributed by atoms with E-state index < -0.39 is 10.0 Å². The van der Waals surface area contributed by atoms with Gasteiger partial charge in [0.05, 0.1) is 12.0 Å². The number of anilines is 1. The molecule has 0 saturated heterocycles. The van der Waals surface area contributed by atoms with E-state index in [2.05, 4.69) is 5.32 Å². The number of halogens is 1. The van der Waals surface area contributed by atoms with Gasteiger partial charge in [0.1, 0.15) is 5.75 Å². The fraction of sp³-hybridized carbons (Fsp3) is 0.208. The van der Waals surface area contributed by atoms with E-state index in [1.54, 1.807) is 25.3 Å². The number of hydrogen-bond donors (Lipinski definition) is 1. The molecule has 0 fully saturated rings. The second-order valence-corrected chi connectivity index (χ2v) is 9.58. The summed E-state index contributed by atoms with van der Waals surface area (Å²) in [5.41, 5.74) is 2.25. The number of nitrogens with zero attached hydrogens (tertiary/aromatic N) is 1. The van der Waals surface area contributed by atoms with E-state index in [9.17, 15) is 13.2 Å². The number of ether oxygens (including phenoxy) is 1. The second kappa shape index (κ2) is 10.6. The lowest BCUT2D eigenvalue weighted by Crippen LogP contribution is -2.32. The molecule has 0 unspecified atom stereocenters. The number of hydrogen-bond acceptors (Lipinski definition) is 4. The molecule has 0 aromatic heterocycles. The third-order valence-electron chi connectivity index (χ3n) is 4.93. The highest BCUT2D eigenvalue weighted by Gasteiger charge is 2.25. The van der Waals surface area contributed by atoms with Gasteiger partial charge in [-0.15, -0.1) is 0 Å². The van der Waals surface area contributed by atoms with Crippen molar-refractivity contribution in [2.24, 2.45) is 0 Å². The Kier molecular flexibility index (Phi) is 7.90. The number of sulfonamides is 1. The van der Waals surface area contributed by atoms with E-state index in [4.69, 9.17) is 16.3 Å².